The lowest BCUT2D eigenvalue weighted by Crippen LogP contribution is -2.35. The second-order valence-electron chi connectivity index (χ2n) is 6.82. The van der Waals surface area contributed by atoms with Gasteiger partial charge in [0.2, 0.25) is 0 Å². The van der Waals surface area contributed by atoms with E-state index in [0.717, 1.165) is 51.6 Å². The van der Waals surface area contributed by atoms with Crippen molar-refractivity contribution in [3.63, 3.8) is 0 Å². The molecular formula is C20H19ClO2S. The maximum Gasteiger partial charge on any atom is 0.150 e. The lowest BCUT2D eigenvalue weighted by Gasteiger charge is -2.27. The van der Waals surface area contributed by atoms with E-state index in [9.17, 15) is 9.59 Å². The number of benzene rings is 1. The van der Waals surface area contributed by atoms with Crippen molar-refractivity contribution in [1.29, 1.82) is 0 Å². The number of halogens is 1. The summed E-state index contributed by atoms with van der Waals surface area (Å²) in [6.07, 6.45) is 3.36. The Labute approximate surface area is 150 Å². The van der Waals surface area contributed by atoms with Crippen LogP contribution in [0.5, 0.6) is 0 Å². The number of ketones is 2. The van der Waals surface area contributed by atoms with Gasteiger partial charge in [-0.25, -0.2) is 0 Å². The van der Waals surface area contributed by atoms with E-state index in [0.29, 0.717) is 0 Å². The van der Waals surface area contributed by atoms with Crippen LogP contribution in [0, 0.1) is 11.8 Å². The number of thiophene rings is 1. The molecule has 2 fully saturated rings. The highest BCUT2D eigenvalue weighted by Crippen LogP contribution is 2.45. The molecule has 2 aliphatic rings. The summed E-state index contributed by atoms with van der Waals surface area (Å²) in [5.74, 6) is -0.0966. The molecule has 0 saturated heterocycles. The van der Waals surface area contributed by atoms with E-state index in [1.807, 2.05) is 18.2 Å². The number of aryl methyl sites for hydroxylation is 1. The SMILES string of the molecule is CCc1ccc(-c2ccc(Cl)s2)cc1C1C(=O)C2CCC(C2)C1=O. The minimum Gasteiger partial charge on any atom is -0.298 e. The van der Waals surface area contributed by atoms with Crippen LogP contribution < -0.4 is 0 Å². The molecule has 2 aliphatic carbocycles. The van der Waals surface area contributed by atoms with Crippen molar-refractivity contribution >= 4 is 34.5 Å². The Balaban J connectivity index is 1.81. The van der Waals surface area contributed by atoms with Gasteiger partial charge < -0.3 is 0 Å². The molecule has 1 heterocycles. The highest BCUT2D eigenvalue weighted by atomic mass is 35.5. The molecular weight excluding hydrogens is 340 g/mol. The zero-order valence-corrected chi connectivity index (χ0v) is 15.1. The number of Topliss-reactive ketones (excluding diaryl/α,β-unsaturated/α-hetero) is 2. The van der Waals surface area contributed by atoms with E-state index in [-0.39, 0.29) is 23.4 Å². The third-order valence-corrected chi connectivity index (χ3v) is 6.78. The van der Waals surface area contributed by atoms with Crippen LogP contribution in [0.2, 0.25) is 4.34 Å². The van der Waals surface area contributed by atoms with Gasteiger partial charge in [0.1, 0.15) is 5.92 Å². The van der Waals surface area contributed by atoms with Gasteiger partial charge >= 0.3 is 0 Å². The zero-order valence-electron chi connectivity index (χ0n) is 13.5. The Hall–Kier alpha value is -1.45. The van der Waals surface area contributed by atoms with Crippen molar-refractivity contribution in [2.75, 3.05) is 0 Å². The van der Waals surface area contributed by atoms with Crippen LogP contribution in [0.25, 0.3) is 10.4 Å². The number of fused-ring (bicyclic) bond motifs is 2. The third kappa shape index (κ3) is 2.55. The van der Waals surface area contributed by atoms with E-state index < -0.39 is 5.92 Å². The smallest absolute Gasteiger partial charge is 0.150 e. The molecule has 2 saturated carbocycles. The average molecular weight is 359 g/mol. The summed E-state index contributed by atoms with van der Waals surface area (Å²) in [5.41, 5.74) is 3.07. The fourth-order valence-corrected chi connectivity index (χ4v) is 5.26. The number of carbonyl (C=O) groups is 2. The summed E-state index contributed by atoms with van der Waals surface area (Å²) in [7, 11) is 0. The van der Waals surface area contributed by atoms with Crippen LogP contribution in [0.1, 0.15) is 43.2 Å². The van der Waals surface area contributed by atoms with Gasteiger partial charge in [-0.2, -0.15) is 0 Å². The number of hydrogen-bond donors (Lipinski definition) is 0. The first-order valence-electron chi connectivity index (χ1n) is 8.54. The summed E-state index contributed by atoms with van der Waals surface area (Å²) in [5, 5.41) is 0. The Kier molecular flexibility index (Phi) is 4.09. The maximum atomic E-state index is 12.9. The molecule has 0 N–H and O–H groups in total. The molecule has 4 heteroatoms. The van der Waals surface area contributed by atoms with E-state index in [1.54, 1.807) is 0 Å². The predicted molar refractivity (Wildman–Crippen MR) is 97.7 cm³/mol. The summed E-state index contributed by atoms with van der Waals surface area (Å²) in [6.45, 7) is 2.08. The Morgan fingerprint density at radius 3 is 2.38 bits per heavy atom. The minimum absolute atomic E-state index is 0.0854. The van der Waals surface area contributed by atoms with Gasteiger partial charge in [0, 0.05) is 16.7 Å². The first-order valence-corrected chi connectivity index (χ1v) is 9.74. The predicted octanol–water partition coefficient (Wildman–Crippen LogP) is 5.28. The van der Waals surface area contributed by atoms with E-state index >= 15 is 0 Å². The van der Waals surface area contributed by atoms with Crippen LogP contribution in [-0.4, -0.2) is 11.6 Å². The molecule has 0 radical (unpaired) electrons. The molecule has 124 valence electrons. The molecule has 2 bridgehead atoms. The van der Waals surface area contributed by atoms with E-state index in [1.165, 1.54) is 11.3 Å². The highest BCUT2D eigenvalue weighted by Gasteiger charge is 2.47. The Morgan fingerprint density at radius 2 is 1.79 bits per heavy atom. The Bertz CT molecular complexity index is 801. The molecule has 2 aromatic rings. The van der Waals surface area contributed by atoms with Crippen molar-refractivity contribution in [2.24, 2.45) is 11.8 Å². The second-order valence-corrected chi connectivity index (χ2v) is 8.53. The first kappa shape index (κ1) is 16.0. The summed E-state index contributed by atoms with van der Waals surface area (Å²) in [6, 6.07) is 10.1. The normalized spacial score (nSPS) is 26.2. The van der Waals surface area contributed by atoms with Gasteiger partial charge in [-0.3, -0.25) is 9.59 Å². The number of rotatable bonds is 3. The van der Waals surface area contributed by atoms with E-state index in [2.05, 4.69) is 19.1 Å². The monoisotopic (exact) mass is 358 g/mol. The van der Waals surface area contributed by atoms with Crippen LogP contribution in [0.4, 0.5) is 0 Å². The Morgan fingerprint density at radius 1 is 1.08 bits per heavy atom. The van der Waals surface area contributed by atoms with Crippen LogP contribution in [0.15, 0.2) is 30.3 Å². The molecule has 1 aromatic carbocycles. The molecule has 2 atom stereocenters. The molecule has 0 aliphatic heterocycles. The fraction of sp³-hybridized carbons (Fsp3) is 0.400. The fourth-order valence-electron chi connectivity index (χ4n) is 4.22. The van der Waals surface area contributed by atoms with Crippen LogP contribution in [0.3, 0.4) is 0 Å². The van der Waals surface area contributed by atoms with Crippen molar-refractivity contribution in [1.82, 2.24) is 0 Å². The van der Waals surface area contributed by atoms with Crippen molar-refractivity contribution in [3.05, 3.63) is 45.8 Å². The molecule has 24 heavy (non-hydrogen) atoms. The lowest BCUT2D eigenvalue weighted by atomic mass is 9.73. The van der Waals surface area contributed by atoms with Gasteiger partial charge in [0.25, 0.3) is 0 Å². The van der Waals surface area contributed by atoms with Crippen molar-refractivity contribution in [3.8, 4) is 10.4 Å². The molecule has 2 nitrogen and oxygen atoms in total. The minimum atomic E-state index is -0.554. The third-order valence-electron chi connectivity index (χ3n) is 5.50. The van der Waals surface area contributed by atoms with E-state index in [4.69, 9.17) is 11.6 Å². The molecule has 1 aromatic heterocycles. The quantitative estimate of drug-likeness (QED) is 0.699. The summed E-state index contributed by atoms with van der Waals surface area (Å²) < 4.78 is 0.744. The first-order chi connectivity index (χ1) is 11.6. The maximum absolute atomic E-state index is 12.9. The summed E-state index contributed by atoms with van der Waals surface area (Å²) in [4.78, 5) is 26.8. The standard InChI is InChI=1S/C20H19ClO2S/c1-2-11-3-4-12(16-7-8-17(21)24-16)10-15(11)18-19(22)13-5-6-14(9-13)20(18)23/h3-4,7-8,10,13-14,18H,2,5-6,9H2,1H3. The topological polar surface area (TPSA) is 34.1 Å². The lowest BCUT2D eigenvalue weighted by molar-refractivity contribution is -0.135. The van der Waals surface area contributed by atoms with Gasteiger partial charge in [-0.05, 0) is 60.6 Å². The summed E-state index contributed by atoms with van der Waals surface area (Å²) >= 11 is 7.58. The molecule has 0 spiro atoms. The molecule has 4 rings (SSSR count). The zero-order chi connectivity index (χ0) is 16.8. The van der Waals surface area contributed by atoms with Crippen molar-refractivity contribution < 1.29 is 9.59 Å². The number of hydrogen-bond acceptors (Lipinski definition) is 3. The number of carbonyl (C=O) groups excluding carboxylic acids is 2. The van der Waals surface area contributed by atoms with Crippen molar-refractivity contribution in [2.45, 2.75) is 38.5 Å². The largest absolute Gasteiger partial charge is 0.298 e. The van der Waals surface area contributed by atoms with Gasteiger partial charge in [-0.15, -0.1) is 11.3 Å². The average Bonchev–Trinajstić information content (AvgIpc) is 3.21. The van der Waals surface area contributed by atoms with Gasteiger partial charge in [0.15, 0.2) is 11.6 Å². The van der Waals surface area contributed by atoms with Gasteiger partial charge in [-0.1, -0.05) is 30.7 Å². The van der Waals surface area contributed by atoms with Gasteiger partial charge in [0.05, 0.1) is 4.34 Å². The van der Waals surface area contributed by atoms with Crippen LogP contribution in [-0.2, 0) is 16.0 Å². The molecule has 2 unspecified atom stereocenters. The second kappa shape index (κ2) is 6.12. The van der Waals surface area contributed by atoms with Crippen LogP contribution >= 0.6 is 22.9 Å². The highest BCUT2D eigenvalue weighted by molar-refractivity contribution is 7.19. The molecule has 0 amide bonds.